The lowest BCUT2D eigenvalue weighted by atomic mass is 10.0. The van der Waals surface area contributed by atoms with E-state index in [0.717, 1.165) is 23.1 Å². The van der Waals surface area contributed by atoms with Gasteiger partial charge in [-0.1, -0.05) is 22.0 Å². The minimum atomic E-state index is -0.183. The zero-order chi connectivity index (χ0) is 9.26. The molecule has 70 valence electrons. The van der Waals surface area contributed by atoms with Crippen LogP contribution in [0.2, 0.25) is 0 Å². The Morgan fingerprint density at radius 2 is 2.38 bits per heavy atom. The van der Waals surface area contributed by atoms with Crippen molar-refractivity contribution < 1.29 is 9.47 Å². The van der Waals surface area contributed by atoms with Gasteiger partial charge in [0, 0.05) is 17.1 Å². The number of benzene rings is 1. The van der Waals surface area contributed by atoms with Gasteiger partial charge in [-0.25, -0.2) is 0 Å². The minimum Gasteiger partial charge on any atom is -0.352 e. The molecule has 0 radical (unpaired) electrons. The molecule has 3 heteroatoms. The number of ether oxygens (including phenoxy) is 2. The molecule has 0 N–H and O–H groups in total. The lowest BCUT2D eigenvalue weighted by Gasteiger charge is -2.24. The van der Waals surface area contributed by atoms with Crippen molar-refractivity contribution in [3.8, 4) is 0 Å². The van der Waals surface area contributed by atoms with Gasteiger partial charge in [-0.05, 0) is 24.1 Å². The quantitative estimate of drug-likeness (QED) is 0.754. The van der Waals surface area contributed by atoms with Gasteiger partial charge in [0.2, 0.25) is 0 Å². The van der Waals surface area contributed by atoms with E-state index in [2.05, 4.69) is 22.0 Å². The second-order valence-corrected chi connectivity index (χ2v) is 3.95. The molecule has 2 nitrogen and oxygen atoms in total. The number of fused-ring (bicyclic) bond motifs is 1. The van der Waals surface area contributed by atoms with Crippen LogP contribution < -0.4 is 0 Å². The second-order valence-electron chi connectivity index (χ2n) is 3.03. The Kier molecular flexibility index (Phi) is 2.67. The van der Waals surface area contributed by atoms with Crippen LogP contribution in [-0.2, 0) is 15.9 Å². The highest BCUT2D eigenvalue weighted by Gasteiger charge is 2.19. The summed E-state index contributed by atoms with van der Waals surface area (Å²) in [5, 5.41) is 0. The van der Waals surface area contributed by atoms with Crippen LogP contribution in [0.25, 0.3) is 0 Å². The first-order chi connectivity index (χ1) is 6.31. The molecule has 1 aliphatic rings. The summed E-state index contributed by atoms with van der Waals surface area (Å²) in [4.78, 5) is 0. The molecule has 0 aromatic heterocycles. The summed E-state index contributed by atoms with van der Waals surface area (Å²) in [6, 6.07) is 6.19. The first-order valence-electron chi connectivity index (χ1n) is 4.24. The van der Waals surface area contributed by atoms with Gasteiger partial charge in [0.25, 0.3) is 0 Å². The standard InChI is InChI=1S/C10H11BrO2/c1-12-10-9-3-2-8(11)6-7(9)4-5-13-10/h2-3,6,10H,4-5H2,1H3/t10-/m1/s1. The van der Waals surface area contributed by atoms with E-state index in [-0.39, 0.29) is 6.29 Å². The van der Waals surface area contributed by atoms with Crippen LogP contribution in [0, 0.1) is 0 Å². The summed E-state index contributed by atoms with van der Waals surface area (Å²) in [6.45, 7) is 0.738. The molecule has 2 rings (SSSR count). The van der Waals surface area contributed by atoms with Crippen LogP contribution in [0.5, 0.6) is 0 Å². The molecule has 1 atom stereocenters. The van der Waals surface area contributed by atoms with E-state index in [0.29, 0.717) is 0 Å². The zero-order valence-corrected chi connectivity index (χ0v) is 9.00. The van der Waals surface area contributed by atoms with Crippen LogP contribution in [0.15, 0.2) is 22.7 Å². The Morgan fingerprint density at radius 3 is 3.15 bits per heavy atom. The van der Waals surface area contributed by atoms with Gasteiger partial charge < -0.3 is 9.47 Å². The van der Waals surface area contributed by atoms with E-state index in [1.54, 1.807) is 7.11 Å². The van der Waals surface area contributed by atoms with E-state index in [9.17, 15) is 0 Å². The van der Waals surface area contributed by atoms with Crippen LogP contribution in [0.1, 0.15) is 17.4 Å². The highest BCUT2D eigenvalue weighted by Crippen LogP contribution is 2.29. The summed E-state index contributed by atoms with van der Waals surface area (Å²) in [7, 11) is 1.67. The molecular formula is C10H11BrO2. The monoisotopic (exact) mass is 242 g/mol. The van der Waals surface area contributed by atoms with Gasteiger partial charge in [0.15, 0.2) is 6.29 Å². The van der Waals surface area contributed by atoms with E-state index in [1.165, 1.54) is 5.56 Å². The van der Waals surface area contributed by atoms with Gasteiger partial charge in [-0.15, -0.1) is 0 Å². The Morgan fingerprint density at radius 1 is 1.54 bits per heavy atom. The van der Waals surface area contributed by atoms with Crippen molar-refractivity contribution in [2.75, 3.05) is 13.7 Å². The van der Waals surface area contributed by atoms with Crippen LogP contribution in [0.4, 0.5) is 0 Å². The summed E-state index contributed by atoms with van der Waals surface area (Å²) in [5.74, 6) is 0. The molecule has 0 unspecified atom stereocenters. The largest absolute Gasteiger partial charge is 0.352 e. The number of hydrogen-bond donors (Lipinski definition) is 0. The zero-order valence-electron chi connectivity index (χ0n) is 7.42. The van der Waals surface area contributed by atoms with Crippen molar-refractivity contribution in [1.82, 2.24) is 0 Å². The Balaban J connectivity index is 2.40. The molecule has 0 saturated heterocycles. The van der Waals surface area contributed by atoms with Gasteiger partial charge >= 0.3 is 0 Å². The molecule has 0 fully saturated rings. The number of halogens is 1. The SMILES string of the molecule is CO[C@@H]1OCCc2cc(Br)ccc21. The topological polar surface area (TPSA) is 18.5 Å². The molecule has 1 aromatic carbocycles. The molecule has 1 heterocycles. The summed E-state index contributed by atoms with van der Waals surface area (Å²) >= 11 is 3.45. The lowest BCUT2D eigenvalue weighted by molar-refractivity contribution is -0.134. The van der Waals surface area contributed by atoms with Gasteiger partial charge in [-0.2, -0.15) is 0 Å². The predicted molar refractivity (Wildman–Crippen MR) is 53.5 cm³/mol. The van der Waals surface area contributed by atoms with Crippen LogP contribution in [-0.4, -0.2) is 13.7 Å². The highest BCUT2D eigenvalue weighted by molar-refractivity contribution is 9.10. The molecule has 0 saturated carbocycles. The fourth-order valence-corrected chi connectivity index (χ4v) is 1.99. The lowest BCUT2D eigenvalue weighted by Crippen LogP contribution is -2.17. The van der Waals surface area contributed by atoms with Gasteiger partial charge in [0.1, 0.15) is 0 Å². The van der Waals surface area contributed by atoms with E-state index < -0.39 is 0 Å². The van der Waals surface area contributed by atoms with E-state index >= 15 is 0 Å². The average molecular weight is 243 g/mol. The maximum Gasteiger partial charge on any atom is 0.183 e. The summed E-state index contributed by atoms with van der Waals surface area (Å²) < 4.78 is 11.8. The van der Waals surface area contributed by atoms with Crippen LogP contribution >= 0.6 is 15.9 Å². The average Bonchev–Trinajstić information content (AvgIpc) is 2.16. The molecule has 1 aromatic rings. The van der Waals surface area contributed by atoms with Crippen molar-refractivity contribution in [3.05, 3.63) is 33.8 Å². The molecule has 0 bridgehead atoms. The number of hydrogen-bond acceptors (Lipinski definition) is 2. The first-order valence-corrected chi connectivity index (χ1v) is 5.03. The minimum absolute atomic E-state index is 0.183. The first kappa shape index (κ1) is 9.19. The Hall–Kier alpha value is -0.380. The maximum atomic E-state index is 5.46. The van der Waals surface area contributed by atoms with Gasteiger partial charge in [-0.3, -0.25) is 0 Å². The number of methoxy groups -OCH3 is 1. The van der Waals surface area contributed by atoms with Gasteiger partial charge in [0.05, 0.1) is 6.61 Å². The fraction of sp³-hybridized carbons (Fsp3) is 0.400. The normalized spacial score (nSPS) is 21.2. The smallest absolute Gasteiger partial charge is 0.183 e. The second kappa shape index (κ2) is 3.78. The Labute approximate surface area is 86.0 Å². The highest BCUT2D eigenvalue weighted by atomic mass is 79.9. The molecular weight excluding hydrogens is 232 g/mol. The third-order valence-electron chi connectivity index (χ3n) is 2.21. The maximum absolute atomic E-state index is 5.46. The third-order valence-corrected chi connectivity index (χ3v) is 2.71. The molecule has 0 aliphatic carbocycles. The van der Waals surface area contributed by atoms with Crippen molar-refractivity contribution >= 4 is 15.9 Å². The van der Waals surface area contributed by atoms with E-state index in [4.69, 9.17) is 9.47 Å². The number of rotatable bonds is 1. The summed E-state index contributed by atoms with van der Waals surface area (Å²) in [5.41, 5.74) is 2.46. The van der Waals surface area contributed by atoms with Crippen molar-refractivity contribution in [1.29, 1.82) is 0 Å². The predicted octanol–water partition coefficient (Wildman–Crippen LogP) is 2.67. The van der Waals surface area contributed by atoms with Crippen molar-refractivity contribution in [2.45, 2.75) is 12.7 Å². The van der Waals surface area contributed by atoms with Crippen molar-refractivity contribution in [2.24, 2.45) is 0 Å². The third kappa shape index (κ3) is 1.77. The fourth-order valence-electron chi connectivity index (χ4n) is 1.58. The molecule has 0 amide bonds. The van der Waals surface area contributed by atoms with Crippen molar-refractivity contribution in [3.63, 3.8) is 0 Å². The molecule has 0 spiro atoms. The van der Waals surface area contributed by atoms with Crippen LogP contribution in [0.3, 0.4) is 0 Å². The Bertz CT molecular complexity index is 312. The molecule has 1 aliphatic heterocycles. The molecule has 13 heavy (non-hydrogen) atoms. The summed E-state index contributed by atoms with van der Waals surface area (Å²) in [6.07, 6.45) is 0.783. The van der Waals surface area contributed by atoms with E-state index in [1.807, 2.05) is 12.1 Å².